The van der Waals surface area contributed by atoms with E-state index in [1.54, 1.807) is 0 Å². The molecule has 8 aromatic carbocycles. The zero-order valence-corrected chi connectivity index (χ0v) is 40.6. The summed E-state index contributed by atoms with van der Waals surface area (Å²) in [6.45, 7) is 13.8. The number of fused-ring (bicyclic) bond motifs is 3. The minimum atomic E-state index is -0.103. The predicted octanol–water partition coefficient (Wildman–Crippen LogP) is 15.6. The second-order valence-electron chi connectivity index (χ2n) is 20.1. The summed E-state index contributed by atoms with van der Waals surface area (Å²) in [4.78, 5) is 30.0. The van der Waals surface area contributed by atoms with E-state index in [-0.39, 0.29) is 10.8 Å². The Hall–Kier alpha value is -8.42. The Bertz CT molecular complexity index is 3320. The summed E-state index contributed by atoms with van der Waals surface area (Å²) in [5, 5.41) is 2.47. The van der Waals surface area contributed by atoms with Crippen molar-refractivity contribution in [3.05, 3.63) is 205 Å². The van der Waals surface area contributed by atoms with Crippen molar-refractivity contribution in [2.24, 2.45) is 7.05 Å². The zero-order chi connectivity index (χ0) is 48.1. The largest absolute Gasteiger partial charge is 0.343 e. The molecular weight excluding hydrogens is 855 g/mol. The van der Waals surface area contributed by atoms with E-state index in [9.17, 15) is 0 Å². The van der Waals surface area contributed by atoms with Crippen LogP contribution in [0.15, 0.2) is 194 Å². The van der Waals surface area contributed by atoms with E-state index in [0.717, 1.165) is 44.5 Å². The summed E-state index contributed by atoms with van der Waals surface area (Å²) in [5.41, 5.74) is 14.9. The van der Waals surface area contributed by atoms with Gasteiger partial charge in [-0.05, 0) is 57.3 Å². The maximum atomic E-state index is 5.03. The highest BCUT2D eigenvalue weighted by atomic mass is 15.0. The van der Waals surface area contributed by atoms with Crippen molar-refractivity contribution in [1.82, 2.24) is 34.5 Å². The first-order chi connectivity index (χ1) is 33.9. The van der Waals surface area contributed by atoms with Gasteiger partial charge in [-0.15, -0.1) is 0 Å². The lowest BCUT2D eigenvalue weighted by Crippen LogP contribution is -2.11. The van der Waals surface area contributed by atoms with E-state index < -0.39 is 0 Å². The van der Waals surface area contributed by atoms with Gasteiger partial charge < -0.3 is 4.57 Å². The molecule has 0 saturated heterocycles. The number of hydrogen-bond donors (Lipinski definition) is 0. The Morgan fingerprint density at radius 2 is 0.514 bits per heavy atom. The number of aromatic nitrogens is 7. The van der Waals surface area contributed by atoms with Crippen LogP contribution >= 0.6 is 0 Å². The van der Waals surface area contributed by atoms with Gasteiger partial charge in [-0.2, -0.15) is 0 Å². The predicted molar refractivity (Wildman–Crippen MR) is 288 cm³/mol. The van der Waals surface area contributed by atoms with Crippen molar-refractivity contribution in [3.8, 4) is 90.6 Å². The van der Waals surface area contributed by atoms with Gasteiger partial charge in [0.1, 0.15) is 0 Å². The molecule has 340 valence electrons. The average molecular weight is 908 g/mol. The number of nitrogens with zero attached hydrogens (tertiary/aromatic N) is 7. The lowest BCUT2D eigenvalue weighted by molar-refractivity contribution is 0.590. The fraction of sp³-hybridized carbons (Fsp3) is 0.143. The normalized spacial score (nSPS) is 11.9. The third kappa shape index (κ3) is 8.45. The second-order valence-corrected chi connectivity index (χ2v) is 20.1. The van der Waals surface area contributed by atoms with Crippen LogP contribution < -0.4 is 0 Å². The highest BCUT2D eigenvalue weighted by Gasteiger charge is 2.25. The van der Waals surface area contributed by atoms with E-state index in [1.165, 1.54) is 44.1 Å². The topological polar surface area (TPSA) is 82.3 Å². The summed E-state index contributed by atoms with van der Waals surface area (Å²) < 4.78 is 2.41. The molecule has 7 heteroatoms. The Morgan fingerprint density at radius 1 is 0.286 bits per heavy atom. The van der Waals surface area contributed by atoms with E-state index in [1.807, 2.05) is 121 Å². The highest BCUT2D eigenvalue weighted by molar-refractivity contribution is 6.17. The van der Waals surface area contributed by atoms with E-state index >= 15 is 0 Å². The first-order valence-electron chi connectivity index (χ1n) is 23.9. The lowest BCUT2D eigenvalue weighted by Gasteiger charge is -2.22. The van der Waals surface area contributed by atoms with E-state index in [4.69, 9.17) is 29.9 Å². The summed E-state index contributed by atoms with van der Waals surface area (Å²) >= 11 is 0. The smallest absolute Gasteiger partial charge is 0.164 e. The Balaban J connectivity index is 1.05. The summed E-state index contributed by atoms with van der Waals surface area (Å²) in [7, 11) is 2.22. The molecule has 0 amide bonds. The summed E-state index contributed by atoms with van der Waals surface area (Å²) in [6, 6.07) is 67.6. The monoisotopic (exact) mass is 907 g/mol. The number of rotatable bonds is 8. The van der Waals surface area contributed by atoms with Gasteiger partial charge >= 0.3 is 0 Å². The van der Waals surface area contributed by atoms with Crippen LogP contribution in [0, 0.1) is 0 Å². The quantitative estimate of drug-likeness (QED) is 0.151. The molecule has 0 fully saturated rings. The standard InChI is InChI=1S/C63H53N7/c1-62(2,3)48-36-50(40-28-32-46(33-29-40)60-66-56(42-20-12-8-13-21-42)64-57(67-60)43-22-14-9-15-23-43)54-52(38-48)53-39-49(63(4,5)6)37-51(55(53)70(54)7)41-30-34-47(35-31-41)61-68-58(44-24-16-10-17-25-44)65-59(69-61)45-26-18-11-19-27-45/h8-39H,1-7H3. The molecular formula is C63H53N7. The third-order valence-corrected chi connectivity index (χ3v) is 13.2. The fourth-order valence-corrected chi connectivity index (χ4v) is 9.29. The number of benzene rings is 8. The molecule has 3 aromatic heterocycles. The van der Waals surface area contributed by atoms with Gasteiger partial charge in [0, 0.05) is 62.3 Å². The lowest BCUT2D eigenvalue weighted by atomic mass is 9.82. The molecule has 70 heavy (non-hydrogen) atoms. The van der Waals surface area contributed by atoms with Crippen molar-refractivity contribution in [2.45, 2.75) is 52.4 Å². The molecule has 0 aliphatic heterocycles. The summed E-state index contributed by atoms with van der Waals surface area (Å²) in [6.07, 6.45) is 0. The van der Waals surface area contributed by atoms with Crippen LogP contribution in [0.1, 0.15) is 52.7 Å². The van der Waals surface area contributed by atoms with Crippen molar-refractivity contribution in [3.63, 3.8) is 0 Å². The van der Waals surface area contributed by atoms with Gasteiger partial charge in [-0.25, -0.2) is 29.9 Å². The number of aryl methyl sites for hydroxylation is 1. The molecule has 11 aromatic rings. The van der Waals surface area contributed by atoms with Crippen LogP contribution in [-0.4, -0.2) is 34.5 Å². The molecule has 0 atom stereocenters. The van der Waals surface area contributed by atoms with Crippen LogP contribution in [0.4, 0.5) is 0 Å². The van der Waals surface area contributed by atoms with Crippen molar-refractivity contribution in [2.75, 3.05) is 0 Å². The molecule has 0 radical (unpaired) electrons. The van der Waals surface area contributed by atoms with Gasteiger partial charge in [0.05, 0.1) is 11.0 Å². The Kier molecular flexibility index (Phi) is 11.1. The highest BCUT2D eigenvalue weighted by Crippen LogP contribution is 2.44. The Morgan fingerprint density at radius 3 is 0.757 bits per heavy atom. The molecule has 0 saturated carbocycles. The zero-order valence-electron chi connectivity index (χ0n) is 40.6. The van der Waals surface area contributed by atoms with Gasteiger partial charge in [0.25, 0.3) is 0 Å². The van der Waals surface area contributed by atoms with Crippen LogP contribution in [-0.2, 0) is 17.9 Å². The molecule has 0 aliphatic carbocycles. The SMILES string of the molecule is Cn1c2c(-c3ccc(-c4nc(-c5ccccc5)nc(-c5ccccc5)n4)cc3)cc(C(C)(C)C)cc2c2cc(C(C)(C)C)cc(-c3ccc(-c4nc(-c5ccccc5)nc(-c5ccccc5)n4)cc3)c21. The molecule has 0 bridgehead atoms. The maximum Gasteiger partial charge on any atom is 0.164 e. The maximum absolute atomic E-state index is 5.03. The average Bonchev–Trinajstić information content (AvgIpc) is 3.69. The first-order valence-corrected chi connectivity index (χ1v) is 23.9. The van der Waals surface area contributed by atoms with Gasteiger partial charge in [0.15, 0.2) is 34.9 Å². The van der Waals surface area contributed by atoms with Gasteiger partial charge in [-0.1, -0.05) is 211 Å². The van der Waals surface area contributed by atoms with Crippen molar-refractivity contribution < 1.29 is 0 Å². The third-order valence-electron chi connectivity index (χ3n) is 13.2. The first kappa shape index (κ1) is 44.1. The van der Waals surface area contributed by atoms with Gasteiger partial charge in [0.2, 0.25) is 0 Å². The van der Waals surface area contributed by atoms with E-state index in [2.05, 4.69) is 126 Å². The van der Waals surface area contributed by atoms with Crippen LogP contribution in [0.3, 0.4) is 0 Å². The molecule has 7 nitrogen and oxygen atoms in total. The second kappa shape index (κ2) is 17.6. The molecule has 0 N–H and O–H groups in total. The minimum Gasteiger partial charge on any atom is -0.343 e. The molecule has 11 rings (SSSR count). The van der Waals surface area contributed by atoms with Crippen LogP contribution in [0.5, 0.6) is 0 Å². The van der Waals surface area contributed by atoms with Crippen molar-refractivity contribution >= 4 is 21.8 Å². The van der Waals surface area contributed by atoms with Crippen molar-refractivity contribution in [1.29, 1.82) is 0 Å². The molecule has 3 heterocycles. The van der Waals surface area contributed by atoms with Crippen LogP contribution in [0.25, 0.3) is 112 Å². The fourth-order valence-electron chi connectivity index (χ4n) is 9.29. The molecule has 0 spiro atoms. The van der Waals surface area contributed by atoms with Crippen LogP contribution in [0.2, 0.25) is 0 Å². The number of hydrogen-bond acceptors (Lipinski definition) is 6. The Labute approximate surface area is 409 Å². The summed E-state index contributed by atoms with van der Waals surface area (Å²) in [5.74, 6) is 3.83. The van der Waals surface area contributed by atoms with E-state index in [0.29, 0.717) is 34.9 Å². The molecule has 0 aliphatic rings. The van der Waals surface area contributed by atoms with Gasteiger partial charge in [-0.3, -0.25) is 0 Å². The minimum absolute atomic E-state index is 0.103. The molecule has 0 unspecified atom stereocenters.